The number of esters is 1. The highest BCUT2D eigenvalue weighted by molar-refractivity contribution is 5.79. The highest BCUT2D eigenvalue weighted by Gasteiger charge is 2.15. The van der Waals surface area contributed by atoms with E-state index in [-0.39, 0.29) is 12.5 Å². The predicted octanol–water partition coefficient (Wildman–Crippen LogP) is 0.905. The number of ether oxygens (including phenoxy) is 1. The molecule has 0 saturated carbocycles. The molecule has 2 heterocycles. The number of hydrogen-bond donors (Lipinski definition) is 1. The van der Waals surface area contributed by atoms with Crippen LogP contribution in [-0.2, 0) is 36.2 Å². The number of aliphatic imine (C=N–C) groups is 1. The maximum Gasteiger partial charge on any atom is 0.327 e. The van der Waals surface area contributed by atoms with Crippen molar-refractivity contribution < 1.29 is 9.53 Å². The third kappa shape index (κ3) is 5.80. The number of carbonyl (C=O) groups is 1. The zero-order valence-corrected chi connectivity index (χ0v) is 17.5. The monoisotopic (exact) mass is 390 g/mol. The van der Waals surface area contributed by atoms with Crippen LogP contribution in [0.15, 0.2) is 17.4 Å². The third-order valence-electron chi connectivity index (χ3n) is 4.08. The molecule has 0 radical (unpaired) electrons. The summed E-state index contributed by atoms with van der Waals surface area (Å²) in [7, 11) is 5.27. The smallest absolute Gasteiger partial charge is 0.327 e. The molecule has 0 atom stereocenters. The second-order valence-corrected chi connectivity index (χ2v) is 6.88. The van der Waals surface area contributed by atoms with E-state index in [1.54, 1.807) is 6.20 Å². The normalized spacial score (nSPS) is 11.8. The maximum absolute atomic E-state index is 11.3. The Bertz CT molecular complexity index is 808. The van der Waals surface area contributed by atoms with E-state index < -0.39 is 0 Å². The van der Waals surface area contributed by atoms with Gasteiger partial charge >= 0.3 is 5.97 Å². The van der Waals surface area contributed by atoms with Gasteiger partial charge in [-0.2, -0.15) is 5.10 Å². The Morgan fingerprint density at radius 2 is 2.14 bits per heavy atom. The molecule has 0 aromatic carbocycles. The molecule has 28 heavy (non-hydrogen) atoms. The van der Waals surface area contributed by atoms with Crippen LogP contribution in [0.3, 0.4) is 0 Å². The summed E-state index contributed by atoms with van der Waals surface area (Å²) in [5.74, 6) is 0.753. The van der Waals surface area contributed by atoms with E-state index in [9.17, 15) is 4.79 Å². The Labute approximate surface area is 165 Å². The van der Waals surface area contributed by atoms with E-state index in [1.807, 2.05) is 31.9 Å². The molecule has 0 amide bonds. The molecule has 0 bridgehead atoms. The van der Waals surface area contributed by atoms with Crippen LogP contribution in [0, 0.1) is 0 Å². The van der Waals surface area contributed by atoms with E-state index in [2.05, 4.69) is 49.2 Å². The number of guanidine groups is 1. The molecule has 1 N–H and O–H groups in total. The highest BCUT2D eigenvalue weighted by atomic mass is 16.5. The van der Waals surface area contributed by atoms with E-state index in [0.29, 0.717) is 24.7 Å². The molecular formula is C18H30N8O2. The minimum absolute atomic E-state index is 0.0339. The number of aryl methyl sites for hydroxylation is 1. The number of methoxy groups -OCH3 is 1. The first-order chi connectivity index (χ1) is 13.3. The number of nitrogens with one attached hydrogen (secondary N) is 1. The third-order valence-corrected chi connectivity index (χ3v) is 4.08. The summed E-state index contributed by atoms with van der Waals surface area (Å²) in [5.41, 5.74) is 2.95. The fourth-order valence-electron chi connectivity index (χ4n) is 2.80. The minimum atomic E-state index is -0.370. The van der Waals surface area contributed by atoms with Crippen molar-refractivity contribution in [1.29, 1.82) is 0 Å². The summed E-state index contributed by atoms with van der Waals surface area (Å²) in [5, 5.41) is 15.8. The van der Waals surface area contributed by atoms with Gasteiger partial charge in [-0.15, -0.1) is 5.10 Å². The fourth-order valence-corrected chi connectivity index (χ4v) is 2.80. The molecular weight excluding hydrogens is 360 g/mol. The largest absolute Gasteiger partial charge is 0.468 e. The van der Waals surface area contributed by atoms with Crippen molar-refractivity contribution in [3.8, 4) is 0 Å². The van der Waals surface area contributed by atoms with E-state index >= 15 is 0 Å². The van der Waals surface area contributed by atoms with Gasteiger partial charge in [-0.1, -0.05) is 19.1 Å². The molecule has 10 nitrogen and oxygen atoms in total. The molecule has 0 aliphatic heterocycles. The fraction of sp³-hybridized carbons (Fsp3) is 0.611. The van der Waals surface area contributed by atoms with Gasteiger partial charge in [0.05, 0.1) is 25.5 Å². The van der Waals surface area contributed by atoms with Crippen LogP contribution in [0.4, 0.5) is 0 Å². The molecule has 2 aromatic heterocycles. The lowest BCUT2D eigenvalue weighted by molar-refractivity contribution is -0.141. The summed E-state index contributed by atoms with van der Waals surface area (Å²) in [6, 6.07) is 0. The summed E-state index contributed by atoms with van der Waals surface area (Å²) >= 11 is 0. The van der Waals surface area contributed by atoms with Gasteiger partial charge in [-0.25, -0.2) is 9.67 Å². The van der Waals surface area contributed by atoms with Gasteiger partial charge < -0.3 is 15.0 Å². The molecule has 0 aliphatic carbocycles. The van der Waals surface area contributed by atoms with Crippen molar-refractivity contribution in [2.24, 2.45) is 12.0 Å². The average molecular weight is 390 g/mol. The summed E-state index contributed by atoms with van der Waals surface area (Å²) in [6.07, 6.45) is 3.75. The van der Waals surface area contributed by atoms with Crippen LogP contribution < -0.4 is 5.32 Å². The second kappa shape index (κ2) is 9.86. The Morgan fingerprint density at radius 1 is 1.39 bits per heavy atom. The van der Waals surface area contributed by atoms with Gasteiger partial charge in [-0.3, -0.25) is 9.48 Å². The van der Waals surface area contributed by atoms with E-state index in [0.717, 1.165) is 18.2 Å². The lowest BCUT2D eigenvalue weighted by Gasteiger charge is -2.22. The molecule has 2 rings (SSSR count). The van der Waals surface area contributed by atoms with Crippen LogP contribution >= 0.6 is 0 Å². The van der Waals surface area contributed by atoms with Crippen molar-refractivity contribution in [2.75, 3.05) is 20.7 Å². The lowest BCUT2D eigenvalue weighted by Crippen LogP contribution is -2.38. The quantitative estimate of drug-likeness (QED) is 0.406. The summed E-state index contributed by atoms with van der Waals surface area (Å²) in [6.45, 7) is 8.15. The summed E-state index contributed by atoms with van der Waals surface area (Å²) < 4.78 is 7.92. The van der Waals surface area contributed by atoms with Crippen molar-refractivity contribution >= 4 is 11.9 Å². The Balaban J connectivity index is 2.08. The van der Waals surface area contributed by atoms with Gasteiger partial charge in [-0.05, 0) is 12.8 Å². The van der Waals surface area contributed by atoms with Crippen LogP contribution in [0.2, 0.25) is 0 Å². The van der Waals surface area contributed by atoms with Gasteiger partial charge in [0.1, 0.15) is 12.2 Å². The van der Waals surface area contributed by atoms with Crippen molar-refractivity contribution in [2.45, 2.75) is 46.3 Å². The molecule has 0 saturated heterocycles. The number of nitrogens with zero attached hydrogens (tertiary/aromatic N) is 7. The van der Waals surface area contributed by atoms with Gasteiger partial charge in [0.25, 0.3) is 0 Å². The number of aromatic nitrogens is 5. The van der Waals surface area contributed by atoms with Crippen molar-refractivity contribution in [1.82, 2.24) is 35.0 Å². The molecule has 0 aliphatic rings. The van der Waals surface area contributed by atoms with Crippen LogP contribution in [0.25, 0.3) is 0 Å². The molecule has 154 valence electrons. The molecule has 0 spiro atoms. The molecule has 0 fully saturated rings. The maximum atomic E-state index is 11.3. The Morgan fingerprint density at radius 3 is 2.79 bits per heavy atom. The highest BCUT2D eigenvalue weighted by Crippen LogP contribution is 2.18. The van der Waals surface area contributed by atoms with Gasteiger partial charge in [0.2, 0.25) is 0 Å². The first kappa shape index (κ1) is 21.4. The predicted molar refractivity (Wildman–Crippen MR) is 106 cm³/mol. The zero-order valence-electron chi connectivity index (χ0n) is 17.5. The summed E-state index contributed by atoms with van der Waals surface area (Å²) in [4.78, 5) is 18.0. The number of carbonyl (C=O) groups excluding carboxylic acids is 1. The van der Waals surface area contributed by atoms with E-state index in [1.165, 1.54) is 17.4 Å². The topological polar surface area (TPSA) is 102 Å². The second-order valence-electron chi connectivity index (χ2n) is 6.88. The van der Waals surface area contributed by atoms with Crippen molar-refractivity contribution in [3.63, 3.8) is 0 Å². The first-order valence-electron chi connectivity index (χ1n) is 9.31. The average Bonchev–Trinajstić information content (AvgIpc) is 3.24. The molecule has 2 aromatic rings. The van der Waals surface area contributed by atoms with Gasteiger partial charge in [0.15, 0.2) is 5.96 Å². The lowest BCUT2D eigenvalue weighted by atomic mass is 10.1. The number of rotatable bonds is 8. The standard InChI is InChI=1S/C18H30N8O2/c1-7-19-18(20-8-15-11-26(23-21-15)12-16(27)28-6)24(4)9-14-10-25(5)22-17(14)13(2)3/h10-11,13H,7-9,12H2,1-6H3,(H,19,20). The Kier molecular flexibility index (Phi) is 7.53. The molecule has 0 unspecified atom stereocenters. The number of hydrogen-bond acceptors (Lipinski definition) is 6. The van der Waals surface area contributed by atoms with Crippen LogP contribution in [0.1, 0.15) is 43.6 Å². The van der Waals surface area contributed by atoms with E-state index in [4.69, 9.17) is 0 Å². The minimum Gasteiger partial charge on any atom is -0.468 e. The van der Waals surface area contributed by atoms with Crippen LogP contribution in [-0.4, -0.2) is 62.3 Å². The Hall–Kier alpha value is -2.91. The SMILES string of the molecule is CCNC(=NCc1cn(CC(=O)OC)nn1)N(C)Cc1cn(C)nc1C(C)C. The zero-order chi connectivity index (χ0) is 20.7. The van der Waals surface area contributed by atoms with Gasteiger partial charge in [0, 0.05) is 38.9 Å². The van der Waals surface area contributed by atoms with Crippen LogP contribution in [0.5, 0.6) is 0 Å². The molecule has 10 heteroatoms. The first-order valence-corrected chi connectivity index (χ1v) is 9.31. The van der Waals surface area contributed by atoms with Crippen molar-refractivity contribution in [3.05, 3.63) is 29.3 Å².